The SMILES string of the molecule is O=c1[nH]c(-c2ccncc2)nc(C2CCOCC2)c1I.O=c1cc(C2CCOCC2)nc(-c2ccncc2)[nH]1. The molecule has 2 aliphatic rings. The number of nitrogens with one attached hydrogen (secondary N) is 2. The van der Waals surface area contributed by atoms with Gasteiger partial charge in [0.2, 0.25) is 0 Å². The fourth-order valence-electron chi connectivity index (χ4n) is 4.69. The molecule has 0 saturated carbocycles. The van der Waals surface area contributed by atoms with Crippen LogP contribution in [0, 0.1) is 3.57 Å². The summed E-state index contributed by atoms with van der Waals surface area (Å²) in [6, 6.07) is 8.97. The number of rotatable bonds is 4. The summed E-state index contributed by atoms with van der Waals surface area (Å²) in [5.74, 6) is 1.84. The molecule has 6 rings (SSSR count). The zero-order chi connectivity index (χ0) is 27.0. The lowest BCUT2D eigenvalue weighted by atomic mass is 9.96. The van der Waals surface area contributed by atoms with Crippen LogP contribution in [0.4, 0.5) is 0 Å². The molecule has 0 aliphatic carbocycles. The number of aromatic amines is 2. The Labute approximate surface area is 238 Å². The van der Waals surface area contributed by atoms with Gasteiger partial charge in [0.05, 0.1) is 11.4 Å². The first-order valence-corrected chi connectivity index (χ1v) is 14.0. The molecule has 2 N–H and O–H groups in total. The molecule has 0 bridgehead atoms. The first-order valence-electron chi connectivity index (χ1n) is 13.0. The zero-order valence-electron chi connectivity index (χ0n) is 21.3. The molecule has 0 spiro atoms. The van der Waals surface area contributed by atoms with Crippen LogP contribution in [0.3, 0.4) is 0 Å². The topological polar surface area (TPSA) is 136 Å². The summed E-state index contributed by atoms with van der Waals surface area (Å²) in [6.45, 7) is 2.95. The van der Waals surface area contributed by atoms with Crippen LogP contribution in [-0.4, -0.2) is 56.3 Å². The van der Waals surface area contributed by atoms with Crippen molar-refractivity contribution < 1.29 is 9.47 Å². The molecule has 0 aromatic carbocycles. The second-order valence-electron chi connectivity index (χ2n) is 9.38. The van der Waals surface area contributed by atoms with Gasteiger partial charge >= 0.3 is 0 Å². The van der Waals surface area contributed by atoms with Crippen molar-refractivity contribution >= 4 is 22.6 Å². The molecule has 4 aromatic rings. The molecule has 39 heavy (non-hydrogen) atoms. The Bertz CT molecular complexity index is 1480. The highest BCUT2D eigenvalue weighted by Crippen LogP contribution is 2.29. The Morgan fingerprint density at radius 2 is 1.23 bits per heavy atom. The van der Waals surface area contributed by atoms with Gasteiger partial charge < -0.3 is 19.4 Å². The Morgan fingerprint density at radius 3 is 1.79 bits per heavy atom. The minimum Gasteiger partial charge on any atom is -0.381 e. The Kier molecular flexibility index (Phi) is 9.22. The first-order chi connectivity index (χ1) is 19.1. The summed E-state index contributed by atoms with van der Waals surface area (Å²) in [4.78, 5) is 46.8. The third-order valence-corrected chi connectivity index (χ3v) is 7.85. The maximum Gasteiger partial charge on any atom is 0.264 e. The van der Waals surface area contributed by atoms with E-state index >= 15 is 0 Å². The van der Waals surface area contributed by atoms with Gasteiger partial charge in [0.1, 0.15) is 15.2 Å². The molecule has 4 aromatic heterocycles. The van der Waals surface area contributed by atoms with Crippen LogP contribution in [0.15, 0.2) is 64.7 Å². The predicted molar refractivity (Wildman–Crippen MR) is 154 cm³/mol. The second kappa shape index (κ2) is 13.2. The van der Waals surface area contributed by atoms with Gasteiger partial charge in [-0.15, -0.1) is 0 Å². The van der Waals surface area contributed by atoms with Gasteiger partial charge in [-0.05, 0) is 72.5 Å². The molecule has 202 valence electrons. The van der Waals surface area contributed by atoms with Gasteiger partial charge in [-0.1, -0.05) is 0 Å². The lowest BCUT2D eigenvalue weighted by molar-refractivity contribution is 0.0842. The van der Waals surface area contributed by atoms with Crippen molar-refractivity contribution in [2.24, 2.45) is 0 Å². The summed E-state index contributed by atoms with van der Waals surface area (Å²) in [5, 5.41) is 0. The van der Waals surface area contributed by atoms with Gasteiger partial charge in [0.25, 0.3) is 11.1 Å². The molecule has 11 heteroatoms. The normalized spacial score (nSPS) is 16.3. The standard InChI is InChI=1S/C14H14IN3O2.C14H15N3O2/c15-11-12(9-3-7-20-8-4-9)17-13(18-14(11)19)10-1-5-16-6-2-10;18-13-9-12(10-3-7-19-8-4-10)16-14(17-13)11-1-5-15-6-2-11/h1-2,5-6,9H,3-4,7-8H2,(H,17,18,19);1-2,5-6,9-10H,3-4,7-8H2,(H,16,17,18). The highest BCUT2D eigenvalue weighted by molar-refractivity contribution is 14.1. The number of ether oxygens (including phenoxy) is 2. The molecule has 0 unspecified atom stereocenters. The monoisotopic (exact) mass is 640 g/mol. The van der Waals surface area contributed by atoms with Gasteiger partial charge in [-0.25, -0.2) is 9.97 Å². The van der Waals surface area contributed by atoms with E-state index in [9.17, 15) is 9.59 Å². The maximum absolute atomic E-state index is 12.1. The summed E-state index contributed by atoms with van der Waals surface area (Å²) in [6.07, 6.45) is 10.5. The molecule has 6 heterocycles. The fraction of sp³-hybridized carbons (Fsp3) is 0.357. The van der Waals surface area contributed by atoms with Crippen LogP contribution < -0.4 is 11.1 Å². The molecule has 0 amide bonds. The van der Waals surface area contributed by atoms with Crippen LogP contribution >= 0.6 is 22.6 Å². The maximum atomic E-state index is 12.1. The molecule has 2 fully saturated rings. The van der Waals surface area contributed by atoms with E-state index in [-0.39, 0.29) is 11.1 Å². The van der Waals surface area contributed by atoms with E-state index in [1.807, 2.05) is 24.3 Å². The third-order valence-electron chi connectivity index (χ3n) is 6.80. The van der Waals surface area contributed by atoms with Crippen LogP contribution in [0.25, 0.3) is 22.8 Å². The summed E-state index contributed by atoms with van der Waals surface area (Å²) in [7, 11) is 0. The highest BCUT2D eigenvalue weighted by Gasteiger charge is 2.22. The Balaban J connectivity index is 0.000000158. The number of H-pyrrole nitrogens is 2. The van der Waals surface area contributed by atoms with Crippen LogP contribution in [0.5, 0.6) is 0 Å². The lowest BCUT2D eigenvalue weighted by Gasteiger charge is -2.22. The second-order valence-corrected chi connectivity index (χ2v) is 10.5. The predicted octanol–water partition coefficient (Wildman–Crippen LogP) is 4.06. The number of hydrogen-bond donors (Lipinski definition) is 2. The number of halogens is 1. The molecule has 2 aliphatic heterocycles. The third kappa shape index (κ3) is 7.02. The van der Waals surface area contributed by atoms with Crippen molar-refractivity contribution in [1.82, 2.24) is 29.9 Å². The summed E-state index contributed by atoms with van der Waals surface area (Å²) in [5.41, 5.74) is 3.32. The summed E-state index contributed by atoms with van der Waals surface area (Å²) >= 11 is 2.08. The molecular formula is C28H29IN6O4. The van der Waals surface area contributed by atoms with Gasteiger partial charge in [0.15, 0.2) is 0 Å². The average Bonchev–Trinajstić information content (AvgIpc) is 3.00. The number of aromatic nitrogens is 6. The van der Waals surface area contributed by atoms with Crippen molar-refractivity contribution in [2.75, 3.05) is 26.4 Å². The van der Waals surface area contributed by atoms with Crippen molar-refractivity contribution in [1.29, 1.82) is 0 Å². The average molecular weight is 640 g/mol. The van der Waals surface area contributed by atoms with E-state index in [1.165, 1.54) is 0 Å². The Hall–Kier alpha value is -3.29. The minimum absolute atomic E-state index is 0.0751. The van der Waals surface area contributed by atoms with Crippen molar-refractivity contribution in [3.8, 4) is 22.8 Å². The van der Waals surface area contributed by atoms with E-state index in [0.717, 1.165) is 74.6 Å². The lowest BCUT2D eigenvalue weighted by Crippen LogP contribution is -2.22. The molecule has 0 radical (unpaired) electrons. The van der Waals surface area contributed by atoms with Gasteiger partial charge in [0, 0.05) is 80.2 Å². The van der Waals surface area contributed by atoms with Crippen LogP contribution in [-0.2, 0) is 9.47 Å². The molecule has 10 nitrogen and oxygen atoms in total. The van der Waals surface area contributed by atoms with E-state index in [2.05, 4.69) is 52.5 Å². The van der Waals surface area contributed by atoms with Crippen LogP contribution in [0.1, 0.15) is 48.9 Å². The van der Waals surface area contributed by atoms with E-state index in [4.69, 9.17) is 9.47 Å². The van der Waals surface area contributed by atoms with Crippen molar-refractivity contribution in [3.63, 3.8) is 0 Å². The molecule has 2 saturated heterocycles. The van der Waals surface area contributed by atoms with E-state index in [0.29, 0.717) is 27.1 Å². The van der Waals surface area contributed by atoms with Gasteiger partial charge in [-0.3, -0.25) is 19.6 Å². The number of nitrogens with zero attached hydrogens (tertiary/aromatic N) is 4. The van der Waals surface area contributed by atoms with E-state index in [1.54, 1.807) is 30.9 Å². The zero-order valence-corrected chi connectivity index (χ0v) is 23.5. The smallest absolute Gasteiger partial charge is 0.264 e. The fourth-order valence-corrected chi connectivity index (χ4v) is 5.39. The van der Waals surface area contributed by atoms with Crippen LogP contribution in [0.2, 0.25) is 0 Å². The van der Waals surface area contributed by atoms with Crippen molar-refractivity contribution in [3.05, 3.63) is 90.8 Å². The summed E-state index contributed by atoms with van der Waals surface area (Å²) < 4.78 is 11.4. The van der Waals surface area contributed by atoms with E-state index < -0.39 is 0 Å². The first kappa shape index (κ1) is 27.3. The largest absolute Gasteiger partial charge is 0.381 e. The van der Waals surface area contributed by atoms with Gasteiger partial charge in [-0.2, -0.15) is 0 Å². The minimum atomic E-state index is -0.108. The number of pyridine rings is 2. The van der Waals surface area contributed by atoms with Crippen molar-refractivity contribution in [2.45, 2.75) is 37.5 Å². The number of hydrogen-bond acceptors (Lipinski definition) is 8. The Morgan fingerprint density at radius 1 is 0.718 bits per heavy atom. The highest BCUT2D eigenvalue weighted by atomic mass is 127. The molecule has 0 atom stereocenters. The quantitative estimate of drug-likeness (QED) is 0.319. The molecular weight excluding hydrogens is 611 g/mol.